The van der Waals surface area contributed by atoms with Crippen molar-refractivity contribution in [2.75, 3.05) is 11.6 Å². The van der Waals surface area contributed by atoms with Crippen LogP contribution >= 0.6 is 0 Å². The van der Waals surface area contributed by atoms with E-state index in [9.17, 15) is 13.2 Å². The van der Waals surface area contributed by atoms with Gasteiger partial charge in [-0.3, -0.25) is 4.79 Å². The van der Waals surface area contributed by atoms with Gasteiger partial charge < -0.3 is 9.88 Å². The van der Waals surface area contributed by atoms with Crippen molar-refractivity contribution in [3.05, 3.63) is 71.5 Å². The molecule has 9 heteroatoms. The molecule has 0 aliphatic heterocycles. The lowest BCUT2D eigenvalue weighted by molar-refractivity contribution is 0.102. The molecule has 0 fully saturated rings. The molecule has 0 spiro atoms. The second kappa shape index (κ2) is 8.48. The van der Waals surface area contributed by atoms with Gasteiger partial charge in [-0.15, -0.1) is 0 Å². The number of carbonyl (C=O) groups is 1. The Hall–Kier alpha value is -4.03. The molecular weight excluding hydrogens is 438 g/mol. The topological polar surface area (TPSA) is 118 Å². The summed E-state index contributed by atoms with van der Waals surface area (Å²) in [6.45, 7) is 2.10. The number of imidazole rings is 1. The van der Waals surface area contributed by atoms with Crippen LogP contribution in [0.5, 0.6) is 0 Å². The molecule has 0 saturated carbocycles. The molecule has 2 aromatic heterocycles. The van der Waals surface area contributed by atoms with Crippen LogP contribution in [0.2, 0.25) is 0 Å². The van der Waals surface area contributed by atoms with Crippen LogP contribution in [0.1, 0.15) is 28.5 Å². The average Bonchev–Trinajstić information content (AvgIpc) is 3.13. The molecule has 2 heterocycles. The maximum absolute atomic E-state index is 12.9. The van der Waals surface area contributed by atoms with E-state index in [1.54, 1.807) is 12.1 Å². The van der Waals surface area contributed by atoms with Gasteiger partial charge in [0.1, 0.15) is 17.6 Å². The molecule has 1 amide bonds. The van der Waals surface area contributed by atoms with Crippen molar-refractivity contribution in [3.63, 3.8) is 0 Å². The molecule has 0 radical (unpaired) electrons. The Balaban J connectivity index is 1.69. The van der Waals surface area contributed by atoms with Crippen LogP contribution in [0, 0.1) is 11.3 Å². The van der Waals surface area contributed by atoms with Gasteiger partial charge in [-0.1, -0.05) is 31.2 Å². The summed E-state index contributed by atoms with van der Waals surface area (Å²) in [5.41, 5.74) is 4.05. The average molecular weight is 460 g/mol. The molecule has 0 atom stereocenters. The van der Waals surface area contributed by atoms with Gasteiger partial charge in [-0.05, 0) is 36.2 Å². The number of sulfone groups is 1. The number of rotatable bonds is 5. The van der Waals surface area contributed by atoms with Crippen LogP contribution in [0.4, 0.5) is 5.69 Å². The number of aryl methyl sites for hydroxylation is 2. The van der Waals surface area contributed by atoms with Crippen molar-refractivity contribution in [1.29, 1.82) is 5.26 Å². The van der Waals surface area contributed by atoms with Crippen molar-refractivity contribution in [3.8, 4) is 17.5 Å². The highest BCUT2D eigenvalue weighted by molar-refractivity contribution is 7.90. The lowest BCUT2D eigenvalue weighted by atomic mass is 10.1. The number of carbonyl (C=O) groups excluding carboxylic acids is 1. The molecule has 0 unspecified atom stereocenters. The lowest BCUT2D eigenvalue weighted by Crippen LogP contribution is -2.17. The van der Waals surface area contributed by atoms with Gasteiger partial charge in [-0.2, -0.15) is 5.26 Å². The number of amides is 1. The molecular formula is C24H21N5O3S. The number of benzene rings is 2. The number of anilines is 1. The van der Waals surface area contributed by atoms with Crippen LogP contribution < -0.4 is 5.32 Å². The Morgan fingerprint density at radius 2 is 1.88 bits per heavy atom. The summed E-state index contributed by atoms with van der Waals surface area (Å²) in [5, 5.41) is 11.8. The predicted octanol–water partition coefficient (Wildman–Crippen LogP) is 3.73. The summed E-state index contributed by atoms with van der Waals surface area (Å²) in [6, 6.07) is 16.5. The highest BCUT2D eigenvalue weighted by atomic mass is 32.2. The molecule has 0 aliphatic carbocycles. The Labute approximate surface area is 191 Å². The molecule has 4 rings (SSSR count). The number of aromatic nitrogens is 3. The zero-order chi connectivity index (χ0) is 23.8. The first-order valence-corrected chi connectivity index (χ1v) is 12.1. The summed E-state index contributed by atoms with van der Waals surface area (Å²) in [5.74, 6) is 0.142. The van der Waals surface area contributed by atoms with E-state index in [1.807, 2.05) is 35.9 Å². The van der Waals surface area contributed by atoms with Crippen molar-refractivity contribution in [1.82, 2.24) is 14.5 Å². The minimum Gasteiger partial charge on any atom is -0.327 e. The largest absolute Gasteiger partial charge is 0.327 e. The zero-order valence-electron chi connectivity index (χ0n) is 18.3. The predicted molar refractivity (Wildman–Crippen MR) is 126 cm³/mol. The molecule has 4 aromatic rings. The van der Waals surface area contributed by atoms with E-state index in [-0.39, 0.29) is 16.2 Å². The van der Waals surface area contributed by atoms with E-state index in [2.05, 4.69) is 29.4 Å². The highest BCUT2D eigenvalue weighted by Gasteiger charge is 2.21. The first-order chi connectivity index (χ1) is 15.7. The lowest BCUT2D eigenvalue weighted by Gasteiger charge is -2.09. The van der Waals surface area contributed by atoms with Gasteiger partial charge >= 0.3 is 0 Å². The van der Waals surface area contributed by atoms with E-state index in [4.69, 9.17) is 10.2 Å². The van der Waals surface area contributed by atoms with Crippen molar-refractivity contribution < 1.29 is 13.2 Å². The SMILES string of the molecule is CCc1ccc(-c2nc3cc(NC(=O)c4cc(C#N)ncc4S(C)(=O)=O)ccc3n2C)cc1. The Morgan fingerprint density at radius 1 is 1.15 bits per heavy atom. The summed E-state index contributed by atoms with van der Waals surface area (Å²) in [4.78, 5) is 21.2. The van der Waals surface area contributed by atoms with Gasteiger partial charge in [0.15, 0.2) is 9.84 Å². The molecule has 0 aliphatic rings. The maximum Gasteiger partial charge on any atom is 0.257 e. The molecule has 33 heavy (non-hydrogen) atoms. The molecule has 0 saturated heterocycles. The number of hydrogen-bond acceptors (Lipinski definition) is 6. The van der Waals surface area contributed by atoms with Crippen molar-refractivity contribution in [2.45, 2.75) is 18.2 Å². The smallest absolute Gasteiger partial charge is 0.257 e. The number of pyridine rings is 1. The molecule has 2 aromatic carbocycles. The van der Waals surface area contributed by atoms with Gasteiger partial charge in [0.05, 0.1) is 21.5 Å². The van der Waals surface area contributed by atoms with Crippen LogP contribution in [0.25, 0.3) is 22.4 Å². The van der Waals surface area contributed by atoms with E-state index in [0.29, 0.717) is 11.2 Å². The standard InChI is InChI=1S/C24H21N5O3S/c1-4-15-5-7-16(8-6-15)23-28-20-12-17(9-10-21(20)29(23)2)27-24(30)19-11-18(13-25)26-14-22(19)33(3,31)32/h5-12,14H,4H2,1-3H3,(H,27,30). The fraction of sp³-hybridized carbons (Fsp3) is 0.167. The number of fused-ring (bicyclic) bond motifs is 1. The quantitative estimate of drug-likeness (QED) is 0.486. The monoisotopic (exact) mass is 459 g/mol. The van der Waals surface area contributed by atoms with E-state index in [1.165, 1.54) is 11.6 Å². The fourth-order valence-corrected chi connectivity index (χ4v) is 4.40. The molecule has 0 bridgehead atoms. The number of nitriles is 1. The van der Waals surface area contributed by atoms with Crippen LogP contribution in [0.3, 0.4) is 0 Å². The second-order valence-corrected chi connectivity index (χ2v) is 9.64. The Bertz CT molecular complexity index is 1530. The zero-order valence-corrected chi connectivity index (χ0v) is 19.1. The third kappa shape index (κ3) is 4.33. The van der Waals surface area contributed by atoms with Crippen molar-refractivity contribution >= 4 is 32.5 Å². The van der Waals surface area contributed by atoms with Crippen LogP contribution in [-0.2, 0) is 23.3 Å². The van der Waals surface area contributed by atoms with Gasteiger partial charge in [-0.25, -0.2) is 18.4 Å². The first kappa shape index (κ1) is 22.2. The number of nitrogens with one attached hydrogen (secondary N) is 1. The summed E-state index contributed by atoms with van der Waals surface area (Å²) in [7, 11) is -1.79. The normalized spacial score (nSPS) is 11.3. The Morgan fingerprint density at radius 3 is 2.52 bits per heavy atom. The highest BCUT2D eigenvalue weighted by Crippen LogP contribution is 2.27. The minimum atomic E-state index is -3.72. The molecule has 1 N–H and O–H groups in total. The Kier molecular flexibility index (Phi) is 5.70. The van der Waals surface area contributed by atoms with Gasteiger partial charge in [0.25, 0.3) is 5.91 Å². The molecule has 166 valence electrons. The summed E-state index contributed by atoms with van der Waals surface area (Å²) >= 11 is 0. The van der Waals surface area contributed by atoms with Crippen LogP contribution in [-0.4, -0.2) is 35.1 Å². The van der Waals surface area contributed by atoms with Crippen LogP contribution in [0.15, 0.2) is 59.6 Å². The van der Waals surface area contributed by atoms with Crippen molar-refractivity contribution in [2.24, 2.45) is 7.05 Å². The fourth-order valence-electron chi connectivity index (χ4n) is 3.60. The molecule has 8 nitrogen and oxygen atoms in total. The van der Waals surface area contributed by atoms with E-state index >= 15 is 0 Å². The second-order valence-electron chi connectivity index (χ2n) is 7.65. The number of nitrogens with zero attached hydrogens (tertiary/aromatic N) is 4. The summed E-state index contributed by atoms with van der Waals surface area (Å²) in [6.07, 6.45) is 2.97. The summed E-state index contributed by atoms with van der Waals surface area (Å²) < 4.78 is 26.1. The minimum absolute atomic E-state index is 0.0496. The van der Waals surface area contributed by atoms with Gasteiger partial charge in [0.2, 0.25) is 0 Å². The number of hydrogen-bond donors (Lipinski definition) is 1. The first-order valence-electron chi connectivity index (χ1n) is 10.2. The third-order valence-electron chi connectivity index (χ3n) is 5.39. The van der Waals surface area contributed by atoms with Gasteiger partial charge in [0, 0.05) is 30.8 Å². The maximum atomic E-state index is 12.9. The van der Waals surface area contributed by atoms with E-state index in [0.717, 1.165) is 35.8 Å². The van der Waals surface area contributed by atoms with E-state index < -0.39 is 15.7 Å². The third-order valence-corrected chi connectivity index (χ3v) is 6.51.